The molecule has 5 nitrogen and oxygen atoms in total. The molecule has 2 rings (SSSR count). The molecule has 0 bridgehead atoms. The summed E-state index contributed by atoms with van der Waals surface area (Å²) in [7, 11) is 1.40. The highest BCUT2D eigenvalue weighted by Crippen LogP contribution is 2.26. The summed E-state index contributed by atoms with van der Waals surface area (Å²) in [5.74, 6) is 0.597. The Morgan fingerprint density at radius 2 is 1.96 bits per heavy atom. The third kappa shape index (κ3) is 7.17. The predicted molar refractivity (Wildman–Crippen MR) is 106 cm³/mol. The van der Waals surface area contributed by atoms with E-state index in [9.17, 15) is 9.59 Å². The van der Waals surface area contributed by atoms with Gasteiger partial charge < -0.3 is 10.1 Å². The minimum Gasteiger partial charge on any atom is -0.469 e. The molecule has 0 aliphatic carbocycles. The Balaban J connectivity index is 1.66. The number of aromatic nitrogens is 1. The monoisotopic (exact) mass is 392 g/mol. The molecule has 0 aliphatic rings. The van der Waals surface area contributed by atoms with E-state index < -0.39 is 0 Å². The molecule has 0 radical (unpaired) electrons. The van der Waals surface area contributed by atoms with Gasteiger partial charge in [0.25, 0.3) is 5.91 Å². The number of nitrogens with zero attached hydrogens (tertiary/aromatic N) is 1. The van der Waals surface area contributed by atoms with Crippen LogP contribution in [0.5, 0.6) is 0 Å². The van der Waals surface area contributed by atoms with Crippen molar-refractivity contribution in [2.24, 2.45) is 0 Å². The van der Waals surface area contributed by atoms with E-state index in [0.717, 1.165) is 35.0 Å². The molecule has 0 unspecified atom stereocenters. The van der Waals surface area contributed by atoms with Gasteiger partial charge in [0.05, 0.1) is 7.11 Å². The van der Waals surface area contributed by atoms with Gasteiger partial charge in [0, 0.05) is 35.4 Å². The van der Waals surface area contributed by atoms with E-state index in [0.29, 0.717) is 18.5 Å². The summed E-state index contributed by atoms with van der Waals surface area (Å²) in [5.41, 5.74) is 2.88. The van der Waals surface area contributed by atoms with E-state index in [1.165, 1.54) is 12.7 Å². The Kier molecular flexibility index (Phi) is 8.64. The molecule has 140 valence electrons. The molecule has 0 fully saturated rings. The van der Waals surface area contributed by atoms with E-state index in [2.05, 4.69) is 15.0 Å². The first kappa shape index (κ1) is 20.5. The van der Waals surface area contributed by atoms with Crippen molar-refractivity contribution in [2.75, 3.05) is 13.7 Å². The number of rotatable bonds is 10. The van der Waals surface area contributed by atoms with Crippen molar-refractivity contribution in [1.29, 1.82) is 0 Å². The highest BCUT2D eigenvalue weighted by Gasteiger charge is 2.06. The number of hydrogen-bond acceptors (Lipinski definition) is 6. The van der Waals surface area contributed by atoms with Gasteiger partial charge in [0.15, 0.2) is 0 Å². The van der Waals surface area contributed by atoms with Crippen LogP contribution in [0.15, 0.2) is 34.0 Å². The van der Waals surface area contributed by atoms with Crippen molar-refractivity contribution in [3.8, 4) is 0 Å². The second kappa shape index (κ2) is 11.0. The Morgan fingerprint density at radius 1 is 1.19 bits per heavy atom. The summed E-state index contributed by atoms with van der Waals surface area (Å²) < 4.78 is 5.66. The Bertz CT molecular complexity index is 714. The quantitative estimate of drug-likeness (QED) is 0.373. The number of thiazole rings is 1. The molecule has 0 atom stereocenters. The van der Waals surface area contributed by atoms with Gasteiger partial charge >= 0.3 is 5.97 Å². The molecule has 1 N–H and O–H groups in total. The highest BCUT2D eigenvalue weighted by molar-refractivity contribution is 8.00. The molecule has 0 spiro atoms. The summed E-state index contributed by atoms with van der Waals surface area (Å²) in [6, 6.07) is 7.68. The zero-order valence-electron chi connectivity index (χ0n) is 15.1. The summed E-state index contributed by atoms with van der Waals surface area (Å²) in [6.07, 6.45) is 2.96. The molecule has 1 aromatic heterocycles. The zero-order chi connectivity index (χ0) is 18.8. The molecule has 0 aliphatic heterocycles. The largest absolute Gasteiger partial charge is 0.469 e. The number of ether oxygens (including phenoxy) is 1. The van der Waals surface area contributed by atoms with Gasteiger partial charge in [-0.15, -0.1) is 11.3 Å². The number of benzene rings is 1. The fourth-order valence-electron chi connectivity index (χ4n) is 2.27. The number of amides is 1. The lowest BCUT2D eigenvalue weighted by Crippen LogP contribution is -2.24. The molecular weight excluding hydrogens is 368 g/mol. The first-order valence-electron chi connectivity index (χ1n) is 8.57. The minimum atomic E-state index is -0.183. The molecule has 7 heteroatoms. The maximum absolute atomic E-state index is 12.1. The maximum atomic E-state index is 12.1. The minimum absolute atomic E-state index is 0.0623. The lowest BCUT2D eigenvalue weighted by Gasteiger charge is -2.06. The SMILES string of the molecule is COC(=O)CCCCCNC(=O)c1ccc(CSc2nc(C)cs2)cc1. The van der Waals surface area contributed by atoms with Crippen LogP contribution in [0.1, 0.15) is 47.3 Å². The third-order valence-corrected chi connectivity index (χ3v) is 5.96. The van der Waals surface area contributed by atoms with Crippen LogP contribution in [-0.2, 0) is 15.3 Å². The van der Waals surface area contributed by atoms with E-state index >= 15 is 0 Å². The molecule has 0 saturated carbocycles. The Morgan fingerprint density at radius 3 is 2.62 bits per heavy atom. The van der Waals surface area contributed by atoms with Gasteiger partial charge in [0.1, 0.15) is 4.34 Å². The van der Waals surface area contributed by atoms with Gasteiger partial charge in [-0.1, -0.05) is 30.3 Å². The average Bonchev–Trinajstić information content (AvgIpc) is 3.08. The van der Waals surface area contributed by atoms with Gasteiger partial charge in [0.2, 0.25) is 0 Å². The topological polar surface area (TPSA) is 68.3 Å². The molecule has 1 heterocycles. The molecule has 2 aromatic rings. The zero-order valence-corrected chi connectivity index (χ0v) is 16.8. The summed E-state index contributed by atoms with van der Waals surface area (Å²) in [5, 5.41) is 4.96. The molecule has 1 amide bonds. The second-order valence-corrected chi connectivity index (χ2v) is 7.96. The van der Waals surface area contributed by atoms with Crippen LogP contribution in [0.4, 0.5) is 0 Å². The number of hydrogen-bond donors (Lipinski definition) is 1. The van der Waals surface area contributed by atoms with Gasteiger partial charge in [-0.2, -0.15) is 0 Å². The smallest absolute Gasteiger partial charge is 0.305 e. The summed E-state index contributed by atoms with van der Waals surface area (Å²) in [4.78, 5) is 27.6. The van der Waals surface area contributed by atoms with Gasteiger partial charge in [-0.25, -0.2) is 4.98 Å². The number of carbonyl (C=O) groups excluding carboxylic acids is 2. The lowest BCUT2D eigenvalue weighted by atomic mass is 10.1. The fourth-order valence-corrected chi connectivity index (χ4v) is 4.08. The van der Waals surface area contributed by atoms with Gasteiger partial charge in [-0.05, 0) is 37.5 Å². The number of esters is 1. The van der Waals surface area contributed by atoms with Crippen molar-refractivity contribution >= 4 is 35.0 Å². The number of aryl methyl sites for hydroxylation is 1. The Hall–Kier alpha value is -1.86. The highest BCUT2D eigenvalue weighted by atomic mass is 32.2. The summed E-state index contributed by atoms with van der Waals surface area (Å²) in [6.45, 7) is 2.61. The van der Waals surface area contributed by atoms with Crippen molar-refractivity contribution in [1.82, 2.24) is 10.3 Å². The standard InChI is InChI=1S/C19H24N2O3S2/c1-14-12-25-19(21-14)26-13-15-7-9-16(10-8-15)18(23)20-11-5-3-4-6-17(22)24-2/h7-10,12H,3-6,11,13H2,1-2H3,(H,20,23). The number of nitrogens with one attached hydrogen (secondary N) is 1. The van der Waals surface area contributed by atoms with Gasteiger partial charge in [-0.3, -0.25) is 9.59 Å². The van der Waals surface area contributed by atoms with Crippen molar-refractivity contribution in [3.05, 3.63) is 46.5 Å². The van der Waals surface area contributed by atoms with E-state index in [1.54, 1.807) is 23.1 Å². The lowest BCUT2D eigenvalue weighted by molar-refractivity contribution is -0.140. The number of unbranched alkanes of at least 4 members (excludes halogenated alkanes) is 2. The molecule has 0 saturated heterocycles. The third-order valence-electron chi connectivity index (χ3n) is 3.75. The first-order chi connectivity index (χ1) is 12.6. The fraction of sp³-hybridized carbons (Fsp3) is 0.421. The van der Waals surface area contributed by atoms with Crippen LogP contribution in [0.25, 0.3) is 0 Å². The van der Waals surface area contributed by atoms with Crippen LogP contribution >= 0.6 is 23.1 Å². The molecular formula is C19H24N2O3S2. The maximum Gasteiger partial charge on any atom is 0.305 e. The summed E-state index contributed by atoms with van der Waals surface area (Å²) >= 11 is 3.36. The van der Waals surface area contributed by atoms with Crippen LogP contribution < -0.4 is 5.32 Å². The van der Waals surface area contributed by atoms with Crippen molar-refractivity contribution < 1.29 is 14.3 Å². The van der Waals surface area contributed by atoms with Crippen LogP contribution in [0.3, 0.4) is 0 Å². The van der Waals surface area contributed by atoms with Crippen LogP contribution in [0.2, 0.25) is 0 Å². The van der Waals surface area contributed by atoms with E-state index in [1.807, 2.05) is 36.6 Å². The number of methoxy groups -OCH3 is 1. The molecule has 26 heavy (non-hydrogen) atoms. The number of carbonyl (C=O) groups is 2. The predicted octanol–water partition coefficient (Wildman–Crippen LogP) is 4.21. The van der Waals surface area contributed by atoms with E-state index in [-0.39, 0.29) is 11.9 Å². The van der Waals surface area contributed by atoms with E-state index in [4.69, 9.17) is 0 Å². The van der Waals surface area contributed by atoms with Crippen LogP contribution in [0, 0.1) is 6.92 Å². The van der Waals surface area contributed by atoms with Crippen molar-refractivity contribution in [2.45, 2.75) is 42.7 Å². The number of thioether (sulfide) groups is 1. The normalized spacial score (nSPS) is 10.5. The average molecular weight is 393 g/mol. The second-order valence-electron chi connectivity index (χ2n) is 5.88. The molecule has 1 aromatic carbocycles. The first-order valence-corrected chi connectivity index (χ1v) is 10.4. The van der Waals surface area contributed by atoms with Crippen molar-refractivity contribution in [3.63, 3.8) is 0 Å². The van der Waals surface area contributed by atoms with Crippen LogP contribution in [-0.4, -0.2) is 30.5 Å². The Labute approximate surface area is 162 Å².